The highest BCUT2D eigenvalue weighted by atomic mass is 15.2. The van der Waals surface area contributed by atoms with Crippen molar-refractivity contribution >= 4 is 34.1 Å². The van der Waals surface area contributed by atoms with E-state index in [1.807, 2.05) is 32.1 Å². The maximum atomic E-state index is 7.61. The highest BCUT2D eigenvalue weighted by Gasteiger charge is 2.22. The van der Waals surface area contributed by atoms with Crippen LogP contribution in [0.3, 0.4) is 0 Å². The maximum absolute atomic E-state index is 7.61. The summed E-state index contributed by atoms with van der Waals surface area (Å²) in [5, 5.41) is 16.1. The normalized spacial score (nSPS) is 17.4. The van der Waals surface area contributed by atoms with Crippen molar-refractivity contribution in [2.24, 2.45) is 5.73 Å². The number of nitrogens with zero attached hydrogens (tertiary/aromatic N) is 4. The Bertz CT molecular complexity index is 1140. The number of aromatic nitrogens is 4. The Balaban J connectivity index is 1.83. The van der Waals surface area contributed by atoms with Gasteiger partial charge in [-0.2, -0.15) is 5.10 Å². The molecule has 0 bridgehead atoms. The third-order valence-corrected chi connectivity index (χ3v) is 5.54. The number of aromatic amines is 1. The number of allylic oxidation sites excluding steroid dienone is 3. The number of fused-ring (bicyclic) bond motifs is 1. The van der Waals surface area contributed by atoms with Crippen LogP contribution in [-0.4, -0.2) is 45.5 Å². The van der Waals surface area contributed by atoms with Crippen LogP contribution in [0.4, 0.5) is 5.82 Å². The third-order valence-electron chi connectivity index (χ3n) is 5.54. The van der Waals surface area contributed by atoms with Gasteiger partial charge in [0.15, 0.2) is 0 Å². The lowest BCUT2D eigenvalue weighted by atomic mass is 10.0. The SMILES string of the molecule is C=C(C)c1ccc(-c2n[nH]c3cnc(C(C=N)=CC)cc23)nc1N1CCCC(N)C1. The molecule has 1 saturated heterocycles. The summed E-state index contributed by atoms with van der Waals surface area (Å²) >= 11 is 0. The number of piperidine rings is 1. The third kappa shape index (κ3) is 3.64. The molecule has 7 heteroatoms. The lowest BCUT2D eigenvalue weighted by Crippen LogP contribution is -2.43. The first-order valence-electron chi connectivity index (χ1n) is 10.2. The molecule has 0 amide bonds. The molecule has 0 aliphatic carbocycles. The molecule has 4 heterocycles. The Kier molecular flexibility index (Phi) is 5.46. The van der Waals surface area contributed by atoms with Gasteiger partial charge in [-0.05, 0) is 50.5 Å². The number of anilines is 1. The summed E-state index contributed by atoms with van der Waals surface area (Å²) in [4.78, 5) is 11.7. The van der Waals surface area contributed by atoms with Crippen LogP contribution in [0.1, 0.15) is 37.9 Å². The summed E-state index contributed by atoms with van der Waals surface area (Å²) in [6.45, 7) is 9.76. The first-order valence-corrected chi connectivity index (χ1v) is 10.2. The average molecular weight is 402 g/mol. The molecule has 4 N–H and O–H groups in total. The van der Waals surface area contributed by atoms with Crippen molar-refractivity contribution in [2.45, 2.75) is 32.7 Å². The summed E-state index contributed by atoms with van der Waals surface area (Å²) in [6, 6.07) is 6.17. The minimum atomic E-state index is 0.155. The molecule has 7 nitrogen and oxygen atoms in total. The van der Waals surface area contributed by atoms with Crippen molar-refractivity contribution in [1.29, 1.82) is 5.41 Å². The predicted molar refractivity (Wildman–Crippen MR) is 124 cm³/mol. The quantitative estimate of drug-likeness (QED) is 0.559. The Labute approximate surface area is 176 Å². The van der Waals surface area contributed by atoms with Crippen LogP contribution in [0.2, 0.25) is 0 Å². The van der Waals surface area contributed by atoms with Gasteiger partial charge in [0.05, 0.1) is 23.1 Å². The monoisotopic (exact) mass is 401 g/mol. The van der Waals surface area contributed by atoms with E-state index in [4.69, 9.17) is 16.1 Å². The van der Waals surface area contributed by atoms with E-state index >= 15 is 0 Å². The van der Waals surface area contributed by atoms with E-state index in [2.05, 4.69) is 32.7 Å². The first-order chi connectivity index (χ1) is 14.5. The van der Waals surface area contributed by atoms with Crippen molar-refractivity contribution in [3.8, 4) is 11.4 Å². The van der Waals surface area contributed by atoms with Gasteiger partial charge in [-0.15, -0.1) is 0 Å². The molecule has 154 valence electrons. The summed E-state index contributed by atoms with van der Waals surface area (Å²) in [6.07, 6.45) is 7.03. The van der Waals surface area contributed by atoms with Crippen molar-refractivity contribution in [2.75, 3.05) is 18.0 Å². The smallest absolute Gasteiger partial charge is 0.136 e. The van der Waals surface area contributed by atoms with E-state index in [1.165, 1.54) is 6.21 Å². The molecule has 3 aromatic heterocycles. The molecule has 0 saturated carbocycles. The number of rotatable bonds is 5. The number of nitrogens with two attached hydrogens (primary N) is 1. The molecule has 0 spiro atoms. The molecule has 1 aliphatic heterocycles. The van der Waals surface area contributed by atoms with Crippen LogP contribution < -0.4 is 10.6 Å². The standard InChI is InChI=1S/C23H27N7/c1-4-15(11-24)20-10-18-21(12-26-20)28-29-22(18)19-8-7-17(14(2)3)23(27-19)30-9-5-6-16(25)13-30/h4,7-8,10-12,16,24H,2,5-6,9,13,25H2,1,3H3,(H,28,29). The van der Waals surface area contributed by atoms with Gasteiger partial charge in [0, 0.05) is 41.9 Å². The van der Waals surface area contributed by atoms with Gasteiger partial charge in [-0.3, -0.25) is 10.1 Å². The van der Waals surface area contributed by atoms with Crippen LogP contribution >= 0.6 is 0 Å². The van der Waals surface area contributed by atoms with E-state index < -0.39 is 0 Å². The highest BCUT2D eigenvalue weighted by Crippen LogP contribution is 2.32. The van der Waals surface area contributed by atoms with Crippen LogP contribution in [0, 0.1) is 5.41 Å². The molecular formula is C23H27N7. The average Bonchev–Trinajstić information content (AvgIpc) is 3.17. The minimum absolute atomic E-state index is 0.155. The largest absolute Gasteiger partial charge is 0.355 e. The Morgan fingerprint density at radius 3 is 2.93 bits per heavy atom. The molecule has 30 heavy (non-hydrogen) atoms. The second-order valence-electron chi connectivity index (χ2n) is 7.77. The van der Waals surface area contributed by atoms with Gasteiger partial charge < -0.3 is 16.0 Å². The minimum Gasteiger partial charge on any atom is -0.355 e. The molecule has 1 unspecified atom stereocenters. The number of H-pyrrole nitrogens is 1. The van der Waals surface area contributed by atoms with Crippen molar-refractivity contribution in [3.63, 3.8) is 0 Å². The lowest BCUT2D eigenvalue weighted by molar-refractivity contribution is 0.503. The highest BCUT2D eigenvalue weighted by molar-refractivity contribution is 6.08. The van der Waals surface area contributed by atoms with E-state index in [1.54, 1.807) is 6.20 Å². The summed E-state index contributed by atoms with van der Waals surface area (Å²) in [5.74, 6) is 0.911. The van der Waals surface area contributed by atoms with Crippen molar-refractivity contribution in [3.05, 3.63) is 48.3 Å². The van der Waals surface area contributed by atoms with E-state index in [-0.39, 0.29) is 6.04 Å². The summed E-state index contributed by atoms with van der Waals surface area (Å²) in [5.41, 5.74) is 12.1. The van der Waals surface area contributed by atoms with Crippen LogP contribution in [0.5, 0.6) is 0 Å². The molecule has 3 aromatic rings. The topological polar surface area (TPSA) is 108 Å². The second kappa shape index (κ2) is 8.20. The number of hydrogen-bond donors (Lipinski definition) is 3. The Morgan fingerprint density at radius 2 is 2.23 bits per heavy atom. The van der Waals surface area contributed by atoms with Crippen LogP contribution in [-0.2, 0) is 0 Å². The first kappa shape index (κ1) is 20.0. The summed E-state index contributed by atoms with van der Waals surface area (Å²) < 4.78 is 0. The lowest BCUT2D eigenvalue weighted by Gasteiger charge is -2.33. The number of nitrogens with one attached hydrogen (secondary N) is 2. The van der Waals surface area contributed by atoms with Crippen molar-refractivity contribution in [1.82, 2.24) is 20.2 Å². The van der Waals surface area contributed by atoms with E-state index in [0.29, 0.717) is 0 Å². The molecule has 1 atom stereocenters. The molecule has 0 aromatic carbocycles. The van der Waals surface area contributed by atoms with Crippen LogP contribution in [0.25, 0.3) is 33.4 Å². The maximum Gasteiger partial charge on any atom is 0.136 e. The zero-order chi connectivity index (χ0) is 21.3. The second-order valence-corrected chi connectivity index (χ2v) is 7.77. The summed E-state index contributed by atoms with van der Waals surface area (Å²) in [7, 11) is 0. The zero-order valence-corrected chi connectivity index (χ0v) is 17.4. The van der Waals surface area contributed by atoms with Gasteiger partial charge in [0.2, 0.25) is 0 Å². The fraction of sp³-hybridized carbons (Fsp3) is 0.304. The molecular weight excluding hydrogens is 374 g/mol. The predicted octanol–water partition coefficient (Wildman–Crippen LogP) is 4.03. The molecule has 0 radical (unpaired) electrons. The van der Waals surface area contributed by atoms with Gasteiger partial charge >= 0.3 is 0 Å². The molecule has 1 aliphatic rings. The fourth-order valence-electron chi connectivity index (χ4n) is 3.93. The van der Waals surface area contributed by atoms with Crippen molar-refractivity contribution < 1.29 is 0 Å². The van der Waals surface area contributed by atoms with E-state index in [0.717, 1.165) is 76.4 Å². The number of hydrogen-bond acceptors (Lipinski definition) is 6. The van der Waals surface area contributed by atoms with Gasteiger partial charge in [0.1, 0.15) is 11.5 Å². The Morgan fingerprint density at radius 1 is 1.40 bits per heavy atom. The van der Waals surface area contributed by atoms with Gasteiger partial charge in [-0.25, -0.2) is 4.98 Å². The van der Waals surface area contributed by atoms with Gasteiger partial charge in [0.25, 0.3) is 0 Å². The zero-order valence-electron chi connectivity index (χ0n) is 17.4. The molecule has 1 fully saturated rings. The van der Waals surface area contributed by atoms with E-state index in [9.17, 15) is 0 Å². The van der Waals surface area contributed by atoms with Gasteiger partial charge in [-0.1, -0.05) is 12.7 Å². The molecule has 4 rings (SSSR count). The number of pyridine rings is 2. The Hall–Kier alpha value is -3.32. The fourth-order valence-corrected chi connectivity index (χ4v) is 3.93. The van der Waals surface area contributed by atoms with Crippen LogP contribution in [0.15, 0.2) is 37.1 Å².